The third kappa shape index (κ3) is 2.64. The van der Waals surface area contributed by atoms with Gasteiger partial charge in [-0.3, -0.25) is 0 Å². The number of halogens is 1. The van der Waals surface area contributed by atoms with Crippen LogP contribution in [0.25, 0.3) is 10.4 Å². The molecule has 1 heterocycles. The van der Waals surface area contributed by atoms with Crippen molar-refractivity contribution >= 4 is 28.6 Å². The molecule has 2 N–H and O–H groups in total. The van der Waals surface area contributed by atoms with Gasteiger partial charge in [0.15, 0.2) is 0 Å². The molecule has 0 spiro atoms. The van der Waals surface area contributed by atoms with E-state index >= 15 is 0 Å². The van der Waals surface area contributed by atoms with E-state index in [1.54, 1.807) is 17.4 Å². The molecular formula is C14H16ClNS. The van der Waals surface area contributed by atoms with Gasteiger partial charge in [0.1, 0.15) is 0 Å². The highest BCUT2D eigenvalue weighted by molar-refractivity contribution is 7.15. The second-order valence-corrected chi connectivity index (χ2v) is 6.64. The zero-order valence-electron chi connectivity index (χ0n) is 10.3. The third-order valence-electron chi connectivity index (χ3n) is 2.60. The molecule has 0 radical (unpaired) electrons. The highest BCUT2D eigenvalue weighted by Gasteiger charge is 2.17. The van der Waals surface area contributed by atoms with Crippen molar-refractivity contribution in [3.8, 4) is 10.4 Å². The minimum Gasteiger partial charge on any atom is -0.399 e. The average molecular weight is 266 g/mol. The van der Waals surface area contributed by atoms with Crippen molar-refractivity contribution < 1.29 is 0 Å². The zero-order chi connectivity index (χ0) is 12.6. The van der Waals surface area contributed by atoms with Gasteiger partial charge in [-0.2, -0.15) is 0 Å². The third-order valence-corrected chi connectivity index (χ3v) is 4.46. The maximum atomic E-state index is 6.21. The Kier molecular flexibility index (Phi) is 3.19. The van der Waals surface area contributed by atoms with Crippen LogP contribution in [0.3, 0.4) is 0 Å². The Labute approximate surface area is 111 Å². The predicted octanol–water partition coefficient (Wildman–Crippen LogP) is 4.95. The summed E-state index contributed by atoms with van der Waals surface area (Å²) in [5, 5.41) is 0.715. The van der Waals surface area contributed by atoms with Crippen LogP contribution in [0.1, 0.15) is 25.6 Å². The molecular weight excluding hydrogens is 250 g/mol. The van der Waals surface area contributed by atoms with E-state index in [4.69, 9.17) is 17.3 Å². The van der Waals surface area contributed by atoms with Gasteiger partial charge in [-0.15, -0.1) is 11.3 Å². The molecule has 1 aromatic carbocycles. The Morgan fingerprint density at radius 3 is 2.35 bits per heavy atom. The molecule has 0 unspecified atom stereocenters. The number of nitrogen functional groups attached to an aromatic ring is 1. The van der Waals surface area contributed by atoms with E-state index in [9.17, 15) is 0 Å². The number of benzene rings is 1. The van der Waals surface area contributed by atoms with Crippen LogP contribution in [0.5, 0.6) is 0 Å². The topological polar surface area (TPSA) is 26.0 Å². The second-order valence-electron chi connectivity index (χ2n) is 5.15. The summed E-state index contributed by atoms with van der Waals surface area (Å²) in [5.74, 6) is 0. The van der Waals surface area contributed by atoms with Crippen LogP contribution in [-0.2, 0) is 5.41 Å². The lowest BCUT2D eigenvalue weighted by Crippen LogP contribution is -2.07. The van der Waals surface area contributed by atoms with E-state index in [2.05, 4.69) is 32.9 Å². The van der Waals surface area contributed by atoms with Crippen molar-refractivity contribution in [2.24, 2.45) is 0 Å². The first kappa shape index (κ1) is 12.5. The lowest BCUT2D eigenvalue weighted by Gasteiger charge is -2.15. The van der Waals surface area contributed by atoms with Gasteiger partial charge in [-0.05, 0) is 29.7 Å². The van der Waals surface area contributed by atoms with Gasteiger partial charge in [0, 0.05) is 21.0 Å². The predicted molar refractivity (Wildman–Crippen MR) is 77.9 cm³/mol. The molecule has 0 fully saturated rings. The van der Waals surface area contributed by atoms with Gasteiger partial charge >= 0.3 is 0 Å². The van der Waals surface area contributed by atoms with Crippen LogP contribution in [-0.4, -0.2) is 0 Å². The summed E-state index contributed by atoms with van der Waals surface area (Å²) in [7, 11) is 0. The fourth-order valence-corrected chi connectivity index (χ4v) is 3.07. The lowest BCUT2D eigenvalue weighted by molar-refractivity contribution is 0.604. The average Bonchev–Trinajstić information content (AvgIpc) is 2.65. The van der Waals surface area contributed by atoms with Crippen LogP contribution >= 0.6 is 22.9 Å². The Morgan fingerprint density at radius 1 is 1.12 bits per heavy atom. The summed E-state index contributed by atoms with van der Waals surface area (Å²) in [5.41, 5.74) is 7.64. The van der Waals surface area contributed by atoms with Crippen molar-refractivity contribution in [3.63, 3.8) is 0 Å². The van der Waals surface area contributed by atoms with E-state index < -0.39 is 0 Å². The van der Waals surface area contributed by atoms with Crippen molar-refractivity contribution in [2.45, 2.75) is 26.2 Å². The first-order valence-corrected chi connectivity index (χ1v) is 6.73. The van der Waals surface area contributed by atoms with Gasteiger partial charge in [-0.1, -0.05) is 38.4 Å². The standard InChI is InChI=1S/C14H16ClNS/c1-14(2,3)13-7-6-12(17-13)10-5-4-9(16)8-11(10)15/h4-8H,16H2,1-3H3. The molecule has 2 aromatic rings. The van der Waals surface area contributed by atoms with E-state index in [-0.39, 0.29) is 5.41 Å². The molecule has 1 nitrogen and oxygen atoms in total. The highest BCUT2D eigenvalue weighted by Crippen LogP contribution is 2.38. The summed E-state index contributed by atoms with van der Waals surface area (Å²) < 4.78 is 0. The summed E-state index contributed by atoms with van der Waals surface area (Å²) in [4.78, 5) is 2.56. The van der Waals surface area contributed by atoms with Crippen LogP contribution < -0.4 is 5.73 Å². The smallest absolute Gasteiger partial charge is 0.0513 e. The SMILES string of the molecule is CC(C)(C)c1ccc(-c2ccc(N)cc2Cl)s1. The van der Waals surface area contributed by atoms with E-state index in [1.165, 1.54) is 9.75 Å². The van der Waals surface area contributed by atoms with E-state index in [0.29, 0.717) is 10.7 Å². The van der Waals surface area contributed by atoms with Crippen molar-refractivity contribution in [1.82, 2.24) is 0 Å². The van der Waals surface area contributed by atoms with E-state index in [1.807, 2.05) is 12.1 Å². The van der Waals surface area contributed by atoms with Crippen LogP contribution in [0.2, 0.25) is 5.02 Å². The van der Waals surface area contributed by atoms with E-state index in [0.717, 1.165) is 5.56 Å². The number of hydrogen-bond acceptors (Lipinski definition) is 2. The Hall–Kier alpha value is -0.990. The number of rotatable bonds is 1. The van der Waals surface area contributed by atoms with Gasteiger partial charge in [0.25, 0.3) is 0 Å². The van der Waals surface area contributed by atoms with Gasteiger partial charge < -0.3 is 5.73 Å². The Balaban J connectivity index is 2.44. The molecule has 0 aliphatic carbocycles. The minimum atomic E-state index is 0.184. The lowest BCUT2D eigenvalue weighted by atomic mass is 9.95. The fraction of sp³-hybridized carbons (Fsp3) is 0.286. The van der Waals surface area contributed by atoms with Crippen LogP contribution in [0.15, 0.2) is 30.3 Å². The first-order chi connectivity index (χ1) is 7.88. The molecule has 90 valence electrons. The van der Waals surface area contributed by atoms with Crippen molar-refractivity contribution in [1.29, 1.82) is 0 Å². The van der Waals surface area contributed by atoms with Crippen molar-refractivity contribution in [2.75, 3.05) is 5.73 Å². The summed E-state index contributed by atoms with van der Waals surface area (Å²) in [6, 6.07) is 9.97. The molecule has 0 saturated heterocycles. The maximum Gasteiger partial charge on any atom is 0.0513 e. The summed E-state index contributed by atoms with van der Waals surface area (Å²) in [6.45, 7) is 6.65. The molecule has 0 saturated carbocycles. The normalized spacial score (nSPS) is 11.8. The minimum absolute atomic E-state index is 0.184. The van der Waals surface area contributed by atoms with Gasteiger partial charge in [-0.25, -0.2) is 0 Å². The molecule has 17 heavy (non-hydrogen) atoms. The molecule has 1 aromatic heterocycles. The fourth-order valence-electron chi connectivity index (χ4n) is 1.62. The number of anilines is 1. The molecule has 2 rings (SSSR count). The molecule has 0 aliphatic rings. The monoisotopic (exact) mass is 265 g/mol. The summed E-state index contributed by atoms with van der Waals surface area (Å²) in [6.07, 6.45) is 0. The first-order valence-electron chi connectivity index (χ1n) is 5.53. The van der Waals surface area contributed by atoms with Crippen LogP contribution in [0, 0.1) is 0 Å². The molecule has 0 amide bonds. The molecule has 3 heteroatoms. The number of thiophene rings is 1. The highest BCUT2D eigenvalue weighted by atomic mass is 35.5. The summed E-state index contributed by atoms with van der Waals surface area (Å²) >= 11 is 8.00. The number of hydrogen-bond donors (Lipinski definition) is 1. The van der Waals surface area contributed by atoms with Gasteiger partial charge in [0.05, 0.1) is 5.02 Å². The quantitative estimate of drug-likeness (QED) is 0.726. The molecule has 0 atom stereocenters. The molecule has 0 bridgehead atoms. The van der Waals surface area contributed by atoms with Gasteiger partial charge in [0.2, 0.25) is 0 Å². The van der Waals surface area contributed by atoms with Crippen LogP contribution in [0.4, 0.5) is 5.69 Å². The Morgan fingerprint density at radius 2 is 1.82 bits per heavy atom. The Bertz CT molecular complexity index is 537. The molecule has 0 aliphatic heterocycles. The van der Waals surface area contributed by atoms with Crippen molar-refractivity contribution in [3.05, 3.63) is 40.2 Å². The zero-order valence-corrected chi connectivity index (χ0v) is 11.8. The largest absolute Gasteiger partial charge is 0.399 e. The second kappa shape index (κ2) is 4.35. The maximum absolute atomic E-state index is 6.21. The number of nitrogens with two attached hydrogens (primary N) is 1.